The largest absolute Gasteiger partial charge is 0.103 e. The molecule has 0 aliphatic carbocycles. The molecule has 0 bridgehead atoms. The lowest BCUT2D eigenvalue weighted by Gasteiger charge is -2.05. The van der Waals surface area contributed by atoms with Crippen LogP contribution in [0.2, 0.25) is 0 Å². The molecule has 1 atom stereocenters. The smallest absolute Gasteiger partial charge is 0.0222 e. The minimum atomic E-state index is 0.581. The Morgan fingerprint density at radius 2 is 2.17 bits per heavy atom. The van der Waals surface area contributed by atoms with Gasteiger partial charge in [-0.25, -0.2) is 0 Å². The molecule has 1 unspecified atom stereocenters. The SMILES string of the molecule is C=CC(C)CC(/C=C\CC)=C/C. The van der Waals surface area contributed by atoms with Crippen LogP contribution in [0.5, 0.6) is 0 Å². The highest BCUT2D eigenvalue weighted by Gasteiger charge is 1.97. The minimum Gasteiger partial charge on any atom is -0.103 e. The molecule has 0 aromatic rings. The third-order valence-electron chi connectivity index (χ3n) is 1.90. The molecule has 0 amide bonds. The summed E-state index contributed by atoms with van der Waals surface area (Å²) in [6.45, 7) is 10.2. The Balaban J connectivity index is 4.01. The summed E-state index contributed by atoms with van der Waals surface area (Å²) >= 11 is 0. The molecule has 0 fully saturated rings. The molecule has 0 saturated heterocycles. The predicted molar refractivity (Wildman–Crippen MR) is 57.2 cm³/mol. The van der Waals surface area contributed by atoms with Crippen molar-refractivity contribution >= 4 is 0 Å². The van der Waals surface area contributed by atoms with Gasteiger partial charge in [0.2, 0.25) is 0 Å². The summed E-state index contributed by atoms with van der Waals surface area (Å²) in [5.41, 5.74) is 1.41. The topological polar surface area (TPSA) is 0 Å². The van der Waals surface area contributed by atoms with E-state index in [4.69, 9.17) is 0 Å². The second kappa shape index (κ2) is 6.90. The molecule has 0 saturated carbocycles. The Kier molecular flexibility index (Phi) is 6.45. The number of allylic oxidation sites excluding steroid dienone is 5. The van der Waals surface area contributed by atoms with Gasteiger partial charge in [-0.2, -0.15) is 0 Å². The lowest BCUT2D eigenvalue weighted by atomic mass is 10.0. The van der Waals surface area contributed by atoms with Gasteiger partial charge in [0, 0.05) is 0 Å². The van der Waals surface area contributed by atoms with E-state index in [1.807, 2.05) is 6.08 Å². The fraction of sp³-hybridized carbons (Fsp3) is 0.500. The van der Waals surface area contributed by atoms with Gasteiger partial charge in [0.25, 0.3) is 0 Å². The first-order valence-electron chi connectivity index (χ1n) is 4.68. The van der Waals surface area contributed by atoms with Crippen LogP contribution < -0.4 is 0 Å². The fourth-order valence-electron chi connectivity index (χ4n) is 1.01. The van der Waals surface area contributed by atoms with Gasteiger partial charge in [-0.15, -0.1) is 6.58 Å². The van der Waals surface area contributed by atoms with Crippen molar-refractivity contribution in [3.63, 3.8) is 0 Å². The first-order valence-corrected chi connectivity index (χ1v) is 4.68. The monoisotopic (exact) mass is 164 g/mol. The van der Waals surface area contributed by atoms with E-state index in [9.17, 15) is 0 Å². The summed E-state index contributed by atoms with van der Waals surface area (Å²) in [7, 11) is 0. The van der Waals surface area contributed by atoms with E-state index in [-0.39, 0.29) is 0 Å². The molecule has 0 rings (SSSR count). The molecule has 12 heavy (non-hydrogen) atoms. The number of hydrogen-bond donors (Lipinski definition) is 0. The second-order valence-electron chi connectivity index (χ2n) is 3.09. The molecule has 0 radical (unpaired) electrons. The molecule has 68 valence electrons. The van der Waals surface area contributed by atoms with Crippen LogP contribution in [0.3, 0.4) is 0 Å². The second-order valence-corrected chi connectivity index (χ2v) is 3.09. The molecule has 0 aromatic heterocycles. The van der Waals surface area contributed by atoms with Crippen molar-refractivity contribution in [3.05, 3.63) is 36.5 Å². The lowest BCUT2D eigenvalue weighted by Crippen LogP contribution is -1.90. The summed E-state index contributed by atoms with van der Waals surface area (Å²) in [4.78, 5) is 0. The molecule has 0 heteroatoms. The van der Waals surface area contributed by atoms with Gasteiger partial charge in [0.1, 0.15) is 0 Å². The summed E-state index contributed by atoms with van der Waals surface area (Å²) in [5.74, 6) is 0.581. The molecule has 0 aromatic carbocycles. The van der Waals surface area contributed by atoms with Crippen LogP contribution >= 0.6 is 0 Å². The van der Waals surface area contributed by atoms with Crippen molar-refractivity contribution < 1.29 is 0 Å². The van der Waals surface area contributed by atoms with Crippen LogP contribution in [-0.4, -0.2) is 0 Å². The van der Waals surface area contributed by atoms with Crippen LogP contribution in [0.4, 0.5) is 0 Å². The standard InChI is InChI=1S/C12H20/c1-5-8-9-12(7-3)10-11(4)6-2/h6-9,11H,2,5,10H2,1,3-4H3/b9-8-,12-7+. The third kappa shape index (κ3) is 4.95. The maximum atomic E-state index is 3.78. The summed E-state index contributed by atoms with van der Waals surface area (Å²) in [5, 5.41) is 0. The highest BCUT2D eigenvalue weighted by Crippen LogP contribution is 2.13. The van der Waals surface area contributed by atoms with Gasteiger partial charge in [-0.05, 0) is 25.7 Å². The molecule has 0 heterocycles. The Morgan fingerprint density at radius 3 is 2.58 bits per heavy atom. The van der Waals surface area contributed by atoms with Crippen LogP contribution in [-0.2, 0) is 0 Å². The van der Waals surface area contributed by atoms with E-state index in [2.05, 4.69) is 45.6 Å². The zero-order valence-electron chi connectivity index (χ0n) is 8.51. The van der Waals surface area contributed by atoms with Crippen molar-refractivity contribution in [2.75, 3.05) is 0 Å². The van der Waals surface area contributed by atoms with E-state index in [0.717, 1.165) is 12.8 Å². The highest BCUT2D eigenvalue weighted by molar-refractivity contribution is 5.18. The highest BCUT2D eigenvalue weighted by atomic mass is 14.0. The average Bonchev–Trinajstić information content (AvgIpc) is 2.11. The maximum Gasteiger partial charge on any atom is -0.0222 e. The van der Waals surface area contributed by atoms with Gasteiger partial charge in [0.05, 0.1) is 0 Å². The van der Waals surface area contributed by atoms with Crippen LogP contribution in [0.25, 0.3) is 0 Å². The van der Waals surface area contributed by atoms with Crippen molar-refractivity contribution in [3.8, 4) is 0 Å². The Morgan fingerprint density at radius 1 is 1.50 bits per heavy atom. The third-order valence-corrected chi connectivity index (χ3v) is 1.90. The quantitative estimate of drug-likeness (QED) is 0.423. The van der Waals surface area contributed by atoms with E-state index < -0.39 is 0 Å². The van der Waals surface area contributed by atoms with Gasteiger partial charge in [-0.3, -0.25) is 0 Å². The Hall–Kier alpha value is -0.780. The van der Waals surface area contributed by atoms with Gasteiger partial charge in [-0.1, -0.05) is 43.7 Å². The summed E-state index contributed by atoms with van der Waals surface area (Å²) in [6.07, 6.45) is 10.8. The first-order chi connectivity index (χ1) is 5.74. The molecule has 0 N–H and O–H groups in total. The van der Waals surface area contributed by atoms with Crippen molar-refractivity contribution in [1.29, 1.82) is 0 Å². The van der Waals surface area contributed by atoms with Crippen molar-refractivity contribution in [2.45, 2.75) is 33.6 Å². The van der Waals surface area contributed by atoms with Gasteiger partial charge >= 0.3 is 0 Å². The van der Waals surface area contributed by atoms with Crippen LogP contribution in [0.1, 0.15) is 33.6 Å². The molecule has 0 nitrogen and oxygen atoms in total. The van der Waals surface area contributed by atoms with Gasteiger partial charge in [0.15, 0.2) is 0 Å². The predicted octanol–water partition coefficient (Wildman–Crippen LogP) is 4.11. The maximum absolute atomic E-state index is 3.78. The molecule has 0 spiro atoms. The van der Waals surface area contributed by atoms with E-state index >= 15 is 0 Å². The minimum absolute atomic E-state index is 0.581. The average molecular weight is 164 g/mol. The number of hydrogen-bond acceptors (Lipinski definition) is 0. The molecule has 0 aliphatic heterocycles. The van der Waals surface area contributed by atoms with Crippen molar-refractivity contribution in [1.82, 2.24) is 0 Å². The summed E-state index contributed by atoms with van der Waals surface area (Å²) in [6, 6.07) is 0. The molecular weight excluding hydrogens is 144 g/mol. The zero-order chi connectivity index (χ0) is 9.40. The van der Waals surface area contributed by atoms with Crippen LogP contribution in [0.15, 0.2) is 36.5 Å². The van der Waals surface area contributed by atoms with E-state index in [0.29, 0.717) is 5.92 Å². The first kappa shape index (κ1) is 11.2. The van der Waals surface area contributed by atoms with Crippen molar-refractivity contribution in [2.24, 2.45) is 5.92 Å². The van der Waals surface area contributed by atoms with Gasteiger partial charge < -0.3 is 0 Å². The van der Waals surface area contributed by atoms with E-state index in [1.165, 1.54) is 5.57 Å². The normalized spacial score (nSPS) is 15.1. The molecular formula is C12H20. The van der Waals surface area contributed by atoms with Crippen LogP contribution in [0, 0.1) is 5.92 Å². The Labute approximate surface area is 76.7 Å². The lowest BCUT2D eigenvalue weighted by molar-refractivity contribution is 0.727. The summed E-state index contributed by atoms with van der Waals surface area (Å²) < 4.78 is 0. The zero-order valence-corrected chi connectivity index (χ0v) is 8.51. The number of rotatable bonds is 5. The Bertz CT molecular complexity index is 172. The fourth-order valence-corrected chi connectivity index (χ4v) is 1.01. The van der Waals surface area contributed by atoms with E-state index in [1.54, 1.807) is 0 Å². The molecule has 0 aliphatic rings.